The number of amides is 3. The van der Waals surface area contributed by atoms with Gasteiger partial charge in [-0.2, -0.15) is 0 Å². The highest BCUT2D eigenvalue weighted by atomic mass is 16.3. The molecule has 0 aromatic carbocycles. The number of piperidine rings is 1. The lowest BCUT2D eigenvalue weighted by Gasteiger charge is -2.37. The lowest BCUT2D eigenvalue weighted by atomic mass is 9.91. The molecule has 0 radical (unpaired) electrons. The number of nitrogens with one attached hydrogen (secondary N) is 1. The molecule has 2 aliphatic heterocycles. The fraction of sp³-hybridized carbons (Fsp3) is 0.562. The third-order valence-electron chi connectivity index (χ3n) is 4.44. The van der Waals surface area contributed by atoms with Gasteiger partial charge in [0.1, 0.15) is 0 Å². The highest BCUT2D eigenvalue weighted by molar-refractivity contribution is 5.92. The Morgan fingerprint density at radius 1 is 1.22 bits per heavy atom. The Bertz CT molecular complexity index is 590. The first-order chi connectivity index (χ1) is 11.0. The largest absolute Gasteiger partial charge is 0.459 e. The minimum Gasteiger partial charge on any atom is -0.459 e. The number of furan rings is 1. The molecule has 0 aliphatic carbocycles. The topological polar surface area (TPSA) is 82.9 Å². The van der Waals surface area contributed by atoms with Crippen LogP contribution in [0.15, 0.2) is 22.8 Å². The van der Waals surface area contributed by atoms with Crippen LogP contribution in [0.5, 0.6) is 0 Å². The third-order valence-corrected chi connectivity index (χ3v) is 4.44. The molecular weight excluding hydrogens is 298 g/mol. The molecule has 124 valence electrons. The van der Waals surface area contributed by atoms with Crippen molar-refractivity contribution in [2.45, 2.75) is 25.8 Å². The zero-order chi connectivity index (χ0) is 16.4. The minimum absolute atomic E-state index is 0.0248. The van der Waals surface area contributed by atoms with E-state index >= 15 is 0 Å². The van der Waals surface area contributed by atoms with Crippen molar-refractivity contribution in [2.75, 3.05) is 26.2 Å². The van der Waals surface area contributed by atoms with Gasteiger partial charge in [0, 0.05) is 44.6 Å². The van der Waals surface area contributed by atoms with Crippen molar-refractivity contribution in [1.29, 1.82) is 0 Å². The third kappa shape index (κ3) is 3.38. The molecule has 0 spiro atoms. The number of rotatable bonds is 2. The van der Waals surface area contributed by atoms with Gasteiger partial charge in [-0.1, -0.05) is 0 Å². The predicted octanol–water partition coefficient (Wildman–Crippen LogP) is 0.479. The molecule has 2 saturated heterocycles. The van der Waals surface area contributed by atoms with E-state index in [0.717, 1.165) is 0 Å². The fourth-order valence-corrected chi connectivity index (χ4v) is 3.26. The molecule has 7 nitrogen and oxygen atoms in total. The van der Waals surface area contributed by atoms with Gasteiger partial charge in [-0.15, -0.1) is 0 Å². The van der Waals surface area contributed by atoms with Crippen LogP contribution in [0.4, 0.5) is 0 Å². The molecule has 7 heteroatoms. The van der Waals surface area contributed by atoms with Crippen molar-refractivity contribution < 1.29 is 18.8 Å². The monoisotopic (exact) mass is 319 g/mol. The first-order valence-electron chi connectivity index (χ1n) is 7.95. The highest BCUT2D eigenvalue weighted by Gasteiger charge is 2.34. The van der Waals surface area contributed by atoms with Gasteiger partial charge in [-0.25, -0.2) is 0 Å². The Morgan fingerprint density at radius 3 is 2.52 bits per heavy atom. The van der Waals surface area contributed by atoms with Crippen LogP contribution in [0.25, 0.3) is 0 Å². The van der Waals surface area contributed by atoms with E-state index in [2.05, 4.69) is 5.32 Å². The van der Waals surface area contributed by atoms with E-state index in [9.17, 15) is 14.4 Å². The van der Waals surface area contributed by atoms with Gasteiger partial charge in [0.15, 0.2) is 5.76 Å². The second-order valence-electron chi connectivity index (χ2n) is 6.20. The molecule has 3 amide bonds. The molecule has 2 atom stereocenters. The van der Waals surface area contributed by atoms with Crippen LogP contribution in [-0.4, -0.2) is 59.7 Å². The second-order valence-corrected chi connectivity index (χ2v) is 6.20. The molecule has 2 fully saturated rings. The first-order valence-corrected chi connectivity index (χ1v) is 7.95. The molecule has 2 unspecified atom stereocenters. The number of piperazine rings is 1. The van der Waals surface area contributed by atoms with Crippen molar-refractivity contribution in [3.8, 4) is 0 Å². The molecule has 1 aromatic heterocycles. The summed E-state index contributed by atoms with van der Waals surface area (Å²) in [6, 6.07) is 3.36. The van der Waals surface area contributed by atoms with Crippen molar-refractivity contribution in [3.05, 3.63) is 24.2 Å². The van der Waals surface area contributed by atoms with Gasteiger partial charge >= 0.3 is 0 Å². The van der Waals surface area contributed by atoms with Crippen molar-refractivity contribution in [2.24, 2.45) is 5.92 Å². The Balaban J connectivity index is 1.55. The number of carbonyl (C=O) groups is 3. The summed E-state index contributed by atoms with van der Waals surface area (Å²) in [5, 5.41) is 2.83. The average molecular weight is 319 g/mol. The van der Waals surface area contributed by atoms with E-state index in [1.807, 2.05) is 6.92 Å². The molecule has 3 rings (SSSR count). The smallest absolute Gasteiger partial charge is 0.289 e. The molecule has 0 bridgehead atoms. The van der Waals surface area contributed by atoms with Crippen molar-refractivity contribution >= 4 is 17.7 Å². The molecule has 1 aromatic rings. The van der Waals surface area contributed by atoms with Gasteiger partial charge < -0.3 is 19.5 Å². The van der Waals surface area contributed by atoms with Crippen LogP contribution in [0.1, 0.15) is 30.3 Å². The van der Waals surface area contributed by atoms with Gasteiger partial charge in [-0.3, -0.25) is 14.4 Å². The lowest BCUT2D eigenvalue weighted by Crippen LogP contribution is -2.53. The summed E-state index contributed by atoms with van der Waals surface area (Å²) in [4.78, 5) is 39.8. The average Bonchev–Trinajstić information content (AvgIpc) is 3.07. The van der Waals surface area contributed by atoms with Crippen molar-refractivity contribution in [3.63, 3.8) is 0 Å². The molecule has 3 heterocycles. The predicted molar refractivity (Wildman–Crippen MR) is 81.5 cm³/mol. The molecule has 23 heavy (non-hydrogen) atoms. The molecule has 2 aliphatic rings. The normalized spacial score (nSPS) is 25.2. The summed E-state index contributed by atoms with van der Waals surface area (Å²) in [5.74, 6) is -0.105. The standard InChI is InChI=1S/C16H21N3O4/c1-11-9-12(10-14(20)17-11)15(21)18-4-6-19(7-5-18)16(22)13-3-2-8-23-13/h2-3,8,11-12H,4-7,9-10H2,1H3,(H,17,20). The summed E-state index contributed by atoms with van der Waals surface area (Å²) in [6.07, 6.45) is 2.41. The van der Waals surface area contributed by atoms with Crippen LogP contribution >= 0.6 is 0 Å². The van der Waals surface area contributed by atoms with E-state index < -0.39 is 0 Å². The molecular formula is C16H21N3O4. The van der Waals surface area contributed by atoms with E-state index in [4.69, 9.17) is 4.42 Å². The number of hydrogen-bond donors (Lipinski definition) is 1. The quantitative estimate of drug-likeness (QED) is 0.859. The van der Waals surface area contributed by atoms with Gasteiger partial charge in [0.05, 0.1) is 6.26 Å². The fourth-order valence-electron chi connectivity index (χ4n) is 3.26. The van der Waals surface area contributed by atoms with Gasteiger partial charge in [-0.05, 0) is 25.5 Å². The second kappa shape index (κ2) is 6.44. The Hall–Kier alpha value is -2.31. The lowest BCUT2D eigenvalue weighted by molar-refractivity contribution is -0.142. The molecule has 1 N–H and O–H groups in total. The summed E-state index contributed by atoms with van der Waals surface area (Å²) < 4.78 is 5.13. The maximum Gasteiger partial charge on any atom is 0.289 e. The maximum absolute atomic E-state index is 12.6. The number of carbonyl (C=O) groups excluding carboxylic acids is 3. The summed E-state index contributed by atoms with van der Waals surface area (Å²) >= 11 is 0. The Morgan fingerprint density at radius 2 is 1.91 bits per heavy atom. The van der Waals surface area contributed by atoms with Crippen LogP contribution < -0.4 is 5.32 Å². The Kier molecular flexibility index (Phi) is 4.36. The van der Waals surface area contributed by atoms with E-state index in [0.29, 0.717) is 38.4 Å². The Labute approximate surface area is 134 Å². The van der Waals surface area contributed by atoms with Crippen molar-refractivity contribution in [1.82, 2.24) is 15.1 Å². The summed E-state index contributed by atoms with van der Waals surface area (Å²) in [6.45, 7) is 3.88. The minimum atomic E-state index is -0.244. The van der Waals surface area contributed by atoms with Crippen LogP contribution in [0.2, 0.25) is 0 Å². The molecule has 0 saturated carbocycles. The van der Waals surface area contributed by atoms with Gasteiger partial charge in [0.25, 0.3) is 5.91 Å². The van der Waals surface area contributed by atoms with Crippen LogP contribution in [0.3, 0.4) is 0 Å². The van der Waals surface area contributed by atoms with Crippen LogP contribution in [-0.2, 0) is 9.59 Å². The van der Waals surface area contributed by atoms with Crippen LogP contribution in [0, 0.1) is 5.92 Å². The van der Waals surface area contributed by atoms with E-state index in [-0.39, 0.29) is 36.1 Å². The maximum atomic E-state index is 12.6. The highest BCUT2D eigenvalue weighted by Crippen LogP contribution is 2.21. The van der Waals surface area contributed by atoms with E-state index in [1.54, 1.807) is 21.9 Å². The summed E-state index contributed by atoms with van der Waals surface area (Å²) in [7, 11) is 0. The van der Waals surface area contributed by atoms with Gasteiger partial charge in [0.2, 0.25) is 11.8 Å². The van der Waals surface area contributed by atoms with E-state index in [1.165, 1.54) is 6.26 Å². The number of nitrogens with zero attached hydrogens (tertiary/aromatic N) is 2. The zero-order valence-corrected chi connectivity index (χ0v) is 13.2. The summed E-state index contributed by atoms with van der Waals surface area (Å²) in [5.41, 5.74) is 0. The zero-order valence-electron chi connectivity index (χ0n) is 13.2. The first kappa shape index (κ1) is 15.6. The number of hydrogen-bond acceptors (Lipinski definition) is 4. The SMILES string of the molecule is CC1CC(C(=O)N2CCN(C(=O)c3ccco3)CC2)CC(=O)N1.